The largest absolute Gasteiger partial charge is 0.394 e. The molecular weight excluding hydrogens is 334 g/mol. The first-order valence-electron chi connectivity index (χ1n) is 6.73. The van der Waals surface area contributed by atoms with Gasteiger partial charge in [-0.15, -0.1) is 0 Å². The van der Waals surface area contributed by atoms with E-state index < -0.39 is 62.0 Å². The molecule has 0 radical (unpaired) electrons. The molecule has 0 unspecified atom stereocenters. The van der Waals surface area contributed by atoms with E-state index in [1.807, 2.05) is 0 Å². The summed E-state index contributed by atoms with van der Waals surface area (Å²) in [7, 11) is 0. The molecule has 0 bridgehead atoms. The minimum atomic E-state index is -1.79. The van der Waals surface area contributed by atoms with Crippen molar-refractivity contribution < 1.29 is 55.5 Å². The minimum absolute atomic E-state index is 0.0258. The van der Waals surface area contributed by atoms with Crippen LogP contribution in [0.4, 0.5) is 0 Å². The Bertz CT molecular complexity index is 313. The van der Waals surface area contributed by atoms with E-state index in [-0.39, 0.29) is 12.6 Å². The van der Waals surface area contributed by atoms with Crippen LogP contribution in [0.3, 0.4) is 0 Å². The molecule has 0 heterocycles. The maximum absolute atomic E-state index is 10.0. The highest BCUT2D eigenvalue weighted by molar-refractivity contribution is 5.58. The molecule has 0 saturated heterocycles. The van der Waals surface area contributed by atoms with E-state index in [0.717, 1.165) is 0 Å². The lowest BCUT2D eigenvalue weighted by Crippen LogP contribution is -2.49. The zero-order valence-corrected chi connectivity index (χ0v) is 12.6. The van der Waals surface area contributed by atoms with Gasteiger partial charge in [-0.3, -0.25) is 0 Å². The Labute approximate surface area is 137 Å². The second-order valence-corrected chi connectivity index (χ2v) is 4.80. The van der Waals surface area contributed by atoms with Gasteiger partial charge in [0, 0.05) is 0 Å². The molecule has 144 valence electrons. The standard InChI is InChI=1S/C6H13NO5.C6H12O6/c7-3(1-8)5(11)6(12)4(10)2-9;7-1-3(9)5(11)6(12)4(10)2-8/h1,3-6,9-12H,2,7H2;1,3-6,8-12H,2H2/t3-,4+,5+,6+;3-,4-,5-,6-/m01/s1. The van der Waals surface area contributed by atoms with Crippen LogP contribution >= 0.6 is 0 Å². The number of aliphatic hydroxyl groups is 9. The van der Waals surface area contributed by atoms with Gasteiger partial charge in [-0.2, -0.15) is 0 Å². The fourth-order valence-corrected chi connectivity index (χ4v) is 1.26. The van der Waals surface area contributed by atoms with Crippen molar-refractivity contribution in [2.24, 2.45) is 5.73 Å². The summed E-state index contributed by atoms with van der Waals surface area (Å²) in [6.07, 6.45) is -11.3. The van der Waals surface area contributed by atoms with E-state index in [9.17, 15) is 9.59 Å². The molecular formula is C12H25NO11. The lowest BCUT2D eigenvalue weighted by molar-refractivity contribution is -0.136. The molecule has 0 aliphatic rings. The molecule has 0 aromatic carbocycles. The van der Waals surface area contributed by atoms with Crippen molar-refractivity contribution >= 4 is 12.6 Å². The first-order valence-corrected chi connectivity index (χ1v) is 6.73. The van der Waals surface area contributed by atoms with Crippen molar-refractivity contribution in [1.82, 2.24) is 0 Å². The summed E-state index contributed by atoms with van der Waals surface area (Å²) in [6.45, 7) is -1.46. The summed E-state index contributed by atoms with van der Waals surface area (Å²) in [5, 5.41) is 78.7. The van der Waals surface area contributed by atoms with Crippen molar-refractivity contribution in [3.05, 3.63) is 0 Å². The Morgan fingerprint density at radius 1 is 0.667 bits per heavy atom. The third kappa shape index (κ3) is 8.70. The Hall–Kier alpha value is -1.06. The van der Waals surface area contributed by atoms with Gasteiger partial charge in [-0.1, -0.05) is 0 Å². The first-order chi connectivity index (χ1) is 11.1. The van der Waals surface area contributed by atoms with Crippen LogP contribution in [-0.4, -0.2) is 121 Å². The first kappa shape index (κ1) is 25.2. The topological polar surface area (TPSA) is 242 Å². The highest BCUT2D eigenvalue weighted by atomic mass is 16.4. The van der Waals surface area contributed by atoms with E-state index in [1.54, 1.807) is 0 Å². The number of carbonyl (C=O) groups is 2. The maximum Gasteiger partial charge on any atom is 0.151 e. The van der Waals surface area contributed by atoms with Gasteiger partial charge in [0.15, 0.2) is 6.29 Å². The molecule has 24 heavy (non-hydrogen) atoms. The number of aliphatic hydroxyl groups excluding tert-OH is 9. The van der Waals surface area contributed by atoms with E-state index in [0.29, 0.717) is 0 Å². The van der Waals surface area contributed by atoms with Crippen LogP contribution in [0.15, 0.2) is 0 Å². The summed E-state index contributed by atoms with van der Waals surface area (Å²) in [4.78, 5) is 19.9. The third-order valence-electron chi connectivity index (χ3n) is 2.90. The van der Waals surface area contributed by atoms with Gasteiger partial charge in [0.1, 0.15) is 49.0 Å². The Morgan fingerprint density at radius 2 is 1.04 bits per heavy atom. The van der Waals surface area contributed by atoms with Gasteiger partial charge in [0.25, 0.3) is 0 Å². The zero-order chi connectivity index (χ0) is 19.4. The zero-order valence-electron chi connectivity index (χ0n) is 12.6. The molecule has 0 rings (SSSR count). The summed E-state index contributed by atoms with van der Waals surface area (Å²) in [6, 6.07) is -1.26. The van der Waals surface area contributed by atoms with Crippen molar-refractivity contribution in [2.75, 3.05) is 13.2 Å². The van der Waals surface area contributed by atoms with Crippen LogP contribution < -0.4 is 5.73 Å². The predicted molar refractivity (Wildman–Crippen MR) is 76.3 cm³/mol. The van der Waals surface area contributed by atoms with Gasteiger partial charge >= 0.3 is 0 Å². The highest BCUT2D eigenvalue weighted by Gasteiger charge is 2.29. The molecule has 0 spiro atoms. The average Bonchev–Trinajstić information content (AvgIpc) is 2.62. The van der Waals surface area contributed by atoms with Crippen molar-refractivity contribution in [1.29, 1.82) is 0 Å². The van der Waals surface area contributed by atoms with E-state index >= 15 is 0 Å². The van der Waals surface area contributed by atoms with Gasteiger partial charge in [0.2, 0.25) is 0 Å². The molecule has 0 fully saturated rings. The summed E-state index contributed by atoms with van der Waals surface area (Å²) < 4.78 is 0. The van der Waals surface area contributed by atoms with Gasteiger partial charge < -0.3 is 61.3 Å². The molecule has 0 aromatic rings. The number of hydrogen-bond acceptors (Lipinski definition) is 12. The smallest absolute Gasteiger partial charge is 0.151 e. The van der Waals surface area contributed by atoms with E-state index in [4.69, 9.17) is 51.7 Å². The normalized spacial score (nSPS) is 21.1. The van der Waals surface area contributed by atoms with Crippen molar-refractivity contribution in [3.63, 3.8) is 0 Å². The summed E-state index contributed by atoms with van der Waals surface area (Å²) in [5.74, 6) is 0. The van der Waals surface area contributed by atoms with Crippen molar-refractivity contribution in [3.8, 4) is 0 Å². The number of carbonyl (C=O) groups excluding carboxylic acids is 2. The molecule has 0 saturated carbocycles. The SMILES string of the molecule is N[C@@H](C=O)[C@@H](O)[C@H](O)[C@H](O)CO.O=C[C@@H](O)[C@@H](O)[C@H](O)[C@H](O)CO. The van der Waals surface area contributed by atoms with Crippen molar-refractivity contribution in [2.45, 2.75) is 48.8 Å². The lowest BCUT2D eigenvalue weighted by atomic mass is 10.0. The third-order valence-corrected chi connectivity index (χ3v) is 2.90. The molecule has 8 atom stereocenters. The molecule has 11 N–H and O–H groups in total. The van der Waals surface area contributed by atoms with Gasteiger partial charge in [-0.25, -0.2) is 0 Å². The number of nitrogens with two attached hydrogens (primary N) is 1. The van der Waals surface area contributed by atoms with Crippen LogP contribution in [0, 0.1) is 0 Å². The maximum atomic E-state index is 10.0. The van der Waals surface area contributed by atoms with Gasteiger partial charge in [-0.05, 0) is 0 Å². The van der Waals surface area contributed by atoms with Crippen LogP contribution in [0.1, 0.15) is 0 Å². The lowest BCUT2D eigenvalue weighted by Gasteiger charge is -2.23. The van der Waals surface area contributed by atoms with Crippen LogP contribution in [-0.2, 0) is 9.59 Å². The second kappa shape index (κ2) is 13.3. The molecule has 0 amide bonds. The highest BCUT2D eigenvalue weighted by Crippen LogP contribution is 2.03. The number of aldehydes is 2. The Balaban J connectivity index is 0. The van der Waals surface area contributed by atoms with Crippen LogP contribution in [0.25, 0.3) is 0 Å². The van der Waals surface area contributed by atoms with Gasteiger partial charge in [0.05, 0.1) is 19.3 Å². The second-order valence-electron chi connectivity index (χ2n) is 4.80. The monoisotopic (exact) mass is 359 g/mol. The van der Waals surface area contributed by atoms with Crippen LogP contribution in [0.2, 0.25) is 0 Å². The Morgan fingerprint density at radius 3 is 1.33 bits per heavy atom. The number of hydrogen-bond donors (Lipinski definition) is 10. The molecule has 12 nitrogen and oxygen atoms in total. The fourth-order valence-electron chi connectivity index (χ4n) is 1.26. The predicted octanol–water partition coefficient (Wildman–Crippen LogP) is -6.79. The average molecular weight is 359 g/mol. The fraction of sp³-hybridized carbons (Fsp3) is 0.833. The van der Waals surface area contributed by atoms with Crippen LogP contribution in [0.5, 0.6) is 0 Å². The molecule has 12 heteroatoms. The molecule has 0 aliphatic carbocycles. The van der Waals surface area contributed by atoms with E-state index in [2.05, 4.69) is 0 Å². The molecule has 0 aromatic heterocycles. The number of rotatable bonds is 10. The summed E-state index contributed by atoms with van der Waals surface area (Å²) >= 11 is 0. The summed E-state index contributed by atoms with van der Waals surface area (Å²) in [5.41, 5.74) is 5.04. The van der Waals surface area contributed by atoms with E-state index in [1.165, 1.54) is 0 Å². The minimum Gasteiger partial charge on any atom is -0.394 e. The molecule has 0 aliphatic heterocycles. The quantitative estimate of drug-likeness (QED) is 0.164. The Kier molecular flexibility index (Phi) is 13.9.